The third-order valence-electron chi connectivity index (χ3n) is 6.83. The predicted octanol–water partition coefficient (Wildman–Crippen LogP) is 3.27. The summed E-state index contributed by atoms with van der Waals surface area (Å²) in [7, 11) is 0. The van der Waals surface area contributed by atoms with E-state index < -0.39 is 12.2 Å². The van der Waals surface area contributed by atoms with Crippen LogP contribution in [0, 0.1) is 0 Å². The van der Waals surface area contributed by atoms with E-state index in [0.717, 1.165) is 39.0 Å². The molecule has 1 atom stereocenters. The number of carbonyl (C=O) groups is 3. The summed E-state index contributed by atoms with van der Waals surface area (Å²) >= 11 is 0. The molecule has 2 aliphatic heterocycles. The number of amidine groups is 1. The Morgan fingerprint density at radius 2 is 1.73 bits per heavy atom. The topological polar surface area (TPSA) is 127 Å². The molecule has 1 unspecified atom stereocenters. The van der Waals surface area contributed by atoms with E-state index in [1.165, 1.54) is 0 Å². The van der Waals surface area contributed by atoms with Crippen LogP contribution in [0.5, 0.6) is 5.75 Å². The van der Waals surface area contributed by atoms with E-state index in [1.54, 1.807) is 53.4 Å². The van der Waals surface area contributed by atoms with Crippen LogP contribution in [0.15, 0.2) is 59.6 Å². The van der Waals surface area contributed by atoms with Gasteiger partial charge in [-0.15, -0.1) is 0 Å². The standard InChI is InChI=1S/C29H37N5O6/c1-2-3-19-38-26(35)13-14-32-15-17-33(18-16-32)20-25-21-34(29(37)40-25)23-11-9-22(10-12-23)27(30)31-28(36)39-24-7-5-4-6-8-24/h4-12,25H,2-3,13-21H2,1H3,(H2,30,31,36). The number of nitrogens with zero attached hydrogens (tertiary/aromatic N) is 4. The molecule has 2 saturated heterocycles. The van der Waals surface area contributed by atoms with Crippen LogP contribution in [0.4, 0.5) is 15.3 Å². The molecule has 2 amide bonds. The molecule has 2 N–H and O–H groups in total. The molecule has 2 aromatic carbocycles. The summed E-state index contributed by atoms with van der Waals surface area (Å²) in [6.45, 7) is 7.76. The van der Waals surface area contributed by atoms with E-state index in [4.69, 9.17) is 19.9 Å². The van der Waals surface area contributed by atoms with Crippen LogP contribution in [-0.2, 0) is 14.3 Å². The van der Waals surface area contributed by atoms with Crippen LogP contribution < -0.4 is 15.4 Å². The number of hydrogen-bond donors (Lipinski definition) is 1. The van der Waals surface area contributed by atoms with Crippen molar-refractivity contribution in [2.24, 2.45) is 10.7 Å². The highest BCUT2D eigenvalue weighted by Crippen LogP contribution is 2.23. The van der Waals surface area contributed by atoms with Crippen LogP contribution >= 0.6 is 0 Å². The lowest BCUT2D eigenvalue weighted by molar-refractivity contribution is -0.144. The molecule has 0 aliphatic carbocycles. The van der Waals surface area contributed by atoms with Crippen molar-refractivity contribution in [3.05, 3.63) is 60.2 Å². The van der Waals surface area contributed by atoms with Gasteiger partial charge in [0.1, 0.15) is 17.7 Å². The van der Waals surface area contributed by atoms with Gasteiger partial charge in [0.2, 0.25) is 0 Å². The van der Waals surface area contributed by atoms with Crippen LogP contribution in [0.1, 0.15) is 31.7 Å². The second kappa shape index (κ2) is 14.4. The van der Waals surface area contributed by atoms with Crippen molar-refractivity contribution < 1.29 is 28.6 Å². The van der Waals surface area contributed by atoms with Crippen LogP contribution in [0.3, 0.4) is 0 Å². The average Bonchev–Trinajstić information content (AvgIpc) is 3.33. The van der Waals surface area contributed by atoms with E-state index in [0.29, 0.717) is 49.7 Å². The van der Waals surface area contributed by atoms with Gasteiger partial charge < -0.3 is 24.8 Å². The lowest BCUT2D eigenvalue weighted by Gasteiger charge is -2.35. The van der Waals surface area contributed by atoms with Gasteiger partial charge in [-0.2, -0.15) is 4.99 Å². The number of anilines is 1. The van der Waals surface area contributed by atoms with Gasteiger partial charge in [0.15, 0.2) is 0 Å². The van der Waals surface area contributed by atoms with Gasteiger partial charge in [-0.1, -0.05) is 31.5 Å². The van der Waals surface area contributed by atoms with E-state index >= 15 is 0 Å². The first-order chi connectivity index (χ1) is 19.4. The number of nitrogens with two attached hydrogens (primary N) is 1. The van der Waals surface area contributed by atoms with E-state index in [-0.39, 0.29) is 17.9 Å². The number of unbranched alkanes of at least 4 members (excludes halogenated alkanes) is 1. The predicted molar refractivity (Wildman–Crippen MR) is 151 cm³/mol. The molecular formula is C29H37N5O6. The summed E-state index contributed by atoms with van der Waals surface area (Å²) < 4.78 is 16.0. The molecule has 0 spiro atoms. The van der Waals surface area contributed by atoms with Crippen molar-refractivity contribution in [1.82, 2.24) is 9.80 Å². The van der Waals surface area contributed by atoms with Crippen molar-refractivity contribution in [3.63, 3.8) is 0 Å². The molecule has 2 heterocycles. The molecule has 214 valence electrons. The molecule has 11 nitrogen and oxygen atoms in total. The fraction of sp³-hybridized carbons (Fsp3) is 0.448. The van der Waals surface area contributed by atoms with Crippen molar-refractivity contribution in [2.75, 3.05) is 57.3 Å². The minimum absolute atomic E-state index is 0.0156. The number of cyclic esters (lactones) is 1. The van der Waals surface area contributed by atoms with E-state index in [2.05, 4.69) is 21.7 Å². The molecule has 40 heavy (non-hydrogen) atoms. The zero-order valence-corrected chi connectivity index (χ0v) is 22.9. The maximum absolute atomic E-state index is 12.6. The number of carbonyl (C=O) groups excluding carboxylic acids is 3. The summed E-state index contributed by atoms with van der Waals surface area (Å²) in [6, 6.07) is 15.5. The summed E-state index contributed by atoms with van der Waals surface area (Å²) in [5, 5.41) is 0. The molecule has 2 aromatic rings. The number of esters is 1. The van der Waals surface area contributed by atoms with Gasteiger partial charge in [-0.25, -0.2) is 9.59 Å². The summed E-state index contributed by atoms with van der Waals surface area (Å²) in [6.07, 6.45) is 0.861. The molecule has 0 bridgehead atoms. The molecule has 0 aromatic heterocycles. The lowest BCUT2D eigenvalue weighted by Crippen LogP contribution is -2.49. The Hall–Kier alpha value is -3.96. The first-order valence-electron chi connectivity index (χ1n) is 13.7. The number of ether oxygens (including phenoxy) is 3. The first-order valence-corrected chi connectivity index (χ1v) is 13.7. The van der Waals surface area contributed by atoms with Crippen molar-refractivity contribution >= 4 is 29.7 Å². The fourth-order valence-corrected chi connectivity index (χ4v) is 4.55. The molecule has 0 saturated carbocycles. The maximum Gasteiger partial charge on any atom is 0.441 e. The highest BCUT2D eigenvalue weighted by molar-refractivity contribution is 6.03. The number of piperazine rings is 1. The molecule has 0 radical (unpaired) electrons. The Morgan fingerprint density at radius 1 is 1.02 bits per heavy atom. The normalized spacial score (nSPS) is 18.4. The average molecular weight is 552 g/mol. The minimum Gasteiger partial charge on any atom is -0.466 e. The Labute approximate surface area is 234 Å². The number of aliphatic imine (C=N–C) groups is 1. The SMILES string of the molecule is CCCCOC(=O)CCN1CCN(CC2CN(c3ccc(C(N)=NC(=O)Oc4ccccc4)cc3)C(=O)O2)CC1. The fourth-order valence-electron chi connectivity index (χ4n) is 4.55. The summed E-state index contributed by atoms with van der Waals surface area (Å²) in [5.74, 6) is 0.257. The monoisotopic (exact) mass is 551 g/mol. The largest absolute Gasteiger partial charge is 0.466 e. The molecule has 4 rings (SSSR count). The van der Waals surface area contributed by atoms with Gasteiger partial charge in [-0.3, -0.25) is 14.6 Å². The Balaban J connectivity index is 1.21. The third kappa shape index (κ3) is 8.52. The van der Waals surface area contributed by atoms with E-state index in [1.807, 2.05) is 6.07 Å². The van der Waals surface area contributed by atoms with Gasteiger partial charge in [0.05, 0.1) is 19.6 Å². The smallest absolute Gasteiger partial charge is 0.441 e. The highest BCUT2D eigenvalue weighted by Gasteiger charge is 2.34. The first kappa shape index (κ1) is 29.0. The quantitative estimate of drug-likeness (QED) is 0.194. The Kier molecular flexibility index (Phi) is 10.5. The number of benzene rings is 2. The zero-order valence-electron chi connectivity index (χ0n) is 22.9. The molecule has 11 heteroatoms. The maximum atomic E-state index is 12.6. The molecule has 2 aliphatic rings. The third-order valence-corrected chi connectivity index (χ3v) is 6.83. The number of para-hydroxylation sites is 1. The minimum atomic E-state index is -0.815. The number of rotatable bonds is 11. The van der Waals surface area contributed by atoms with Gasteiger partial charge in [0, 0.05) is 50.5 Å². The second-order valence-corrected chi connectivity index (χ2v) is 9.81. The van der Waals surface area contributed by atoms with Crippen molar-refractivity contribution in [3.8, 4) is 5.75 Å². The van der Waals surface area contributed by atoms with Crippen molar-refractivity contribution in [1.29, 1.82) is 0 Å². The van der Waals surface area contributed by atoms with E-state index in [9.17, 15) is 14.4 Å². The second-order valence-electron chi connectivity index (χ2n) is 9.81. The van der Waals surface area contributed by atoms with Crippen LogP contribution in [0.25, 0.3) is 0 Å². The Morgan fingerprint density at radius 3 is 2.42 bits per heavy atom. The van der Waals surface area contributed by atoms with Crippen molar-refractivity contribution in [2.45, 2.75) is 32.3 Å². The number of amides is 2. The Bertz CT molecular complexity index is 1170. The number of hydrogen-bond acceptors (Lipinski definition) is 8. The molecule has 2 fully saturated rings. The van der Waals surface area contributed by atoms with Gasteiger partial charge >= 0.3 is 18.2 Å². The van der Waals surface area contributed by atoms with Gasteiger partial charge in [-0.05, 0) is 42.8 Å². The summed E-state index contributed by atoms with van der Waals surface area (Å²) in [4.78, 5) is 46.4. The van der Waals surface area contributed by atoms with Crippen LogP contribution in [0.2, 0.25) is 0 Å². The van der Waals surface area contributed by atoms with Gasteiger partial charge in [0.25, 0.3) is 0 Å². The molecular weight excluding hydrogens is 514 g/mol. The van der Waals surface area contributed by atoms with Crippen LogP contribution in [-0.4, -0.2) is 92.3 Å². The highest BCUT2D eigenvalue weighted by atomic mass is 16.6. The lowest BCUT2D eigenvalue weighted by atomic mass is 10.1. The summed E-state index contributed by atoms with van der Waals surface area (Å²) in [5.41, 5.74) is 7.19. The zero-order chi connectivity index (χ0) is 28.3.